The number of hydrogen-bond acceptors (Lipinski definition) is 4. The van der Waals surface area contributed by atoms with Crippen LogP contribution in [0.15, 0.2) is 42.5 Å². The van der Waals surface area contributed by atoms with Crippen LogP contribution in [-0.2, 0) is 21.4 Å². The smallest absolute Gasteiger partial charge is 0.244 e. The molecule has 29 heavy (non-hydrogen) atoms. The fourth-order valence-electron chi connectivity index (χ4n) is 3.10. The molecule has 0 aliphatic carbocycles. The van der Waals surface area contributed by atoms with Crippen molar-refractivity contribution in [2.24, 2.45) is 0 Å². The number of para-hydroxylation sites is 1. The van der Waals surface area contributed by atoms with Crippen molar-refractivity contribution < 1.29 is 17.9 Å². The molecule has 0 heterocycles. The molecular weight excluding hydrogens is 412 g/mol. The number of benzene rings is 2. The Morgan fingerprint density at radius 3 is 2.52 bits per heavy atom. The molecule has 0 aromatic heterocycles. The number of halogens is 1. The van der Waals surface area contributed by atoms with Crippen molar-refractivity contribution in [1.29, 1.82) is 0 Å². The Balaban J connectivity index is 2.31. The molecule has 0 bridgehead atoms. The number of ether oxygens (including phenoxy) is 1. The van der Waals surface area contributed by atoms with E-state index in [1.807, 2.05) is 31.2 Å². The monoisotopic (exact) mass is 438 g/mol. The molecular formula is C21H27ClN2O4S. The van der Waals surface area contributed by atoms with E-state index >= 15 is 0 Å². The first-order valence-electron chi connectivity index (χ1n) is 9.43. The number of aryl methyl sites for hydroxylation is 1. The van der Waals surface area contributed by atoms with Gasteiger partial charge in [-0.15, -0.1) is 0 Å². The van der Waals surface area contributed by atoms with Crippen molar-refractivity contribution in [2.45, 2.75) is 39.8 Å². The number of carbonyl (C=O) groups is 1. The van der Waals surface area contributed by atoms with E-state index in [9.17, 15) is 13.2 Å². The van der Waals surface area contributed by atoms with E-state index in [4.69, 9.17) is 16.3 Å². The van der Waals surface area contributed by atoms with Gasteiger partial charge in [0.05, 0.1) is 18.6 Å². The van der Waals surface area contributed by atoms with Gasteiger partial charge in [-0.25, -0.2) is 8.42 Å². The Hall–Kier alpha value is -2.25. The second-order valence-electron chi connectivity index (χ2n) is 6.67. The largest absolute Gasteiger partial charge is 0.494 e. The maximum absolute atomic E-state index is 13.0. The van der Waals surface area contributed by atoms with Crippen LogP contribution in [-0.4, -0.2) is 33.2 Å². The average Bonchev–Trinajstić information content (AvgIpc) is 2.66. The molecule has 2 rings (SSSR count). The molecule has 158 valence electrons. The van der Waals surface area contributed by atoms with Crippen molar-refractivity contribution in [3.8, 4) is 5.75 Å². The lowest BCUT2D eigenvalue weighted by Gasteiger charge is -2.31. The summed E-state index contributed by atoms with van der Waals surface area (Å²) in [6, 6.07) is 11.5. The second kappa shape index (κ2) is 9.98. The lowest BCUT2D eigenvalue weighted by atomic mass is 10.1. The van der Waals surface area contributed by atoms with Gasteiger partial charge in [0.1, 0.15) is 11.8 Å². The third-order valence-corrected chi connectivity index (χ3v) is 5.86. The average molecular weight is 439 g/mol. The summed E-state index contributed by atoms with van der Waals surface area (Å²) in [5.74, 6) is 0.303. The summed E-state index contributed by atoms with van der Waals surface area (Å²) in [4.78, 5) is 13.0. The predicted molar refractivity (Wildman–Crippen MR) is 117 cm³/mol. The normalized spacial score (nSPS) is 12.3. The van der Waals surface area contributed by atoms with Crippen LogP contribution >= 0.6 is 11.6 Å². The van der Waals surface area contributed by atoms with Gasteiger partial charge in [-0.3, -0.25) is 9.10 Å². The van der Waals surface area contributed by atoms with E-state index in [-0.39, 0.29) is 12.5 Å². The van der Waals surface area contributed by atoms with Gasteiger partial charge >= 0.3 is 0 Å². The highest BCUT2D eigenvalue weighted by Crippen LogP contribution is 2.29. The maximum atomic E-state index is 13.0. The van der Waals surface area contributed by atoms with Crippen molar-refractivity contribution in [2.75, 3.05) is 17.2 Å². The zero-order chi connectivity index (χ0) is 21.6. The molecule has 1 atom stereocenters. The molecule has 2 aromatic rings. The molecule has 0 saturated carbocycles. The Morgan fingerprint density at radius 1 is 1.21 bits per heavy atom. The summed E-state index contributed by atoms with van der Waals surface area (Å²) in [7, 11) is -3.72. The highest BCUT2D eigenvalue weighted by molar-refractivity contribution is 7.92. The summed E-state index contributed by atoms with van der Waals surface area (Å²) in [6.07, 6.45) is 1.39. The maximum Gasteiger partial charge on any atom is 0.244 e. The van der Waals surface area contributed by atoms with Crippen molar-refractivity contribution in [3.63, 3.8) is 0 Å². The molecule has 0 aliphatic rings. The fourth-order valence-corrected chi connectivity index (χ4v) is 4.53. The Bertz CT molecular complexity index is 963. The van der Waals surface area contributed by atoms with Gasteiger partial charge in [0.25, 0.3) is 0 Å². The first-order chi connectivity index (χ1) is 13.7. The van der Waals surface area contributed by atoms with E-state index < -0.39 is 16.1 Å². The molecule has 0 radical (unpaired) electrons. The summed E-state index contributed by atoms with van der Waals surface area (Å²) in [5.41, 5.74) is 1.94. The van der Waals surface area contributed by atoms with Crippen LogP contribution in [0.25, 0.3) is 0 Å². The van der Waals surface area contributed by atoms with Crippen molar-refractivity contribution in [1.82, 2.24) is 5.32 Å². The number of nitrogens with one attached hydrogen (secondary N) is 1. The van der Waals surface area contributed by atoms with E-state index in [0.29, 0.717) is 35.1 Å². The molecule has 0 fully saturated rings. The van der Waals surface area contributed by atoms with Crippen LogP contribution in [0.3, 0.4) is 0 Å². The van der Waals surface area contributed by atoms with Gasteiger partial charge in [0.15, 0.2) is 0 Å². The molecule has 0 saturated heterocycles. The van der Waals surface area contributed by atoms with Crippen LogP contribution in [0.4, 0.5) is 5.69 Å². The topological polar surface area (TPSA) is 75.7 Å². The third kappa shape index (κ3) is 5.87. The highest BCUT2D eigenvalue weighted by Gasteiger charge is 2.32. The molecule has 1 N–H and O–H groups in total. The zero-order valence-electron chi connectivity index (χ0n) is 17.1. The number of rotatable bonds is 9. The molecule has 8 heteroatoms. The molecule has 2 aromatic carbocycles. The summed E-state index contributed by atoms with van der Waals surface area (Å²) in [5, 5.41) is 3.25. The van der Waals surface area contributed by atoms with Crippen LogP contribution in [0, 0.1) is 6.92 Å². The van der Waals surface area contributed by atoms with Gasteiger partial charge in [0.2, 0.25) is 15.9 Å². The summed E-state index contributed by atoms with van der Waals surface area (Å²) >= 11 is 6.09. The number of hydrogen-bond donors (Lipinski definition) is 1. The summed E-state index contributed by atoms with van der Waals surface area (Å²) < 4.78 is 31.9. The van der Waals surface area contributed by atoms with Crippen LogP contribution in [0.5, 0.6) is 5.75 Å². The number of amides is 1. The molecule has 1 unspecified atom stereocenters. The fraction of sp³-hybridized carbons (Fsp3) is 0.381. The van der Waals surface area contributed by atoms with Gasteiger partial charge in [-0.1, -0.05) is 42.8 Å². The standard InChI is InChI=1S/C21H27ClN2O4S/c1-5-18(21(25)23-14-16-9-7-8-10-20(16)28-6-2)24(29(4,26)27)19-13-17(22)12-11-15(19)3/h7-13,18H,5-6,14H2,1-4H3,(H,23,25). The van der Waals surface area contributed by atoms with E-state index in [2.05, 4.69) is 5.32 Å². The third-order valence-electron chi connectivity index (χ3n) is 4.46. The lowest BCUT2D eigenvalue weighted by Crippen LogP contribution is -2.49. The quantitative estimate of drug-likeness (QED) is 0.644. The SMILES string of the molecule is CCOc1ccccc1CNC(=O)C(CC)N(c1cc(Cl)ccc1C)S(C)(=O)=O. The van der Waals surface area contributed by atoms with Gasteiger partial charge in [-0.05, 0) is 44.0 Å². The van der Waals surface area contributed by atoms with Gasteiger partial charge in [0, 0.05) is 17.1 Å². The van der Waals surface area contributed by atoms with Gasteiger partial charge in [-0.2, -0.15) is 0 Å². The van der Waals surface area contributed by atoms with Crippen LogP contribution < -0.4 is 14.4 Å². The number of anilines is 1. The van der Waals surface area contributed by atoms with Crippen LogP contribution in [0.1, 0.15) is 31.4 Å². The van der Waals surface area contributed by atoms with Crippen LogP contribution in [0.2, 0.25) is 5.02 Å². The second-order valence-corrected chi connectivity index (χ2v) is 8.97. The molecule has 1 amide bonds. The Labute approximate surface area is 177 Å². The molecule has 6 nitrogen and oxygen atoms in total. The minimum absolute atomic E-state index is 0.234. The Morgan fingerprint density at radius 2 is 1.90 bits per heavy atom. The van der Waals surface area contributed by atoms with E-state index in [1.54, 1.807) is 32.0 Å². The number of nitrogens with zero attached hydrogens (tertiary/aromatic N) is 1. The molecule has 0 aliphatic heterocycles. The first-order valence-corrected chi connectivity index (χ1v) is 11.7. The zero-order valence-corrected chi connectivity index (χ0v) is 18.7. The summed E-state index contributed by atoms with van der Waals surface area (Å²) in [6.45, 7) is 6.19. The number of carbonyl (C=O) groups excluding carboxylic acids is 1. The Kier molecular flexibility index (Phi) is 7.93. The van der Waals surface area contributed by atoms with Crippen molar-refractivity contribution >= 4 is 33.2 Å². The van der Waals surface area contributed by atoms with Gasteiger partial charge < -0.3 is 10.1 Å². The minimum Gasteiger partial charge on any atom is -0.494 e. The highest BCUT2D eigenvalue weighted by atomic mass is 35.5. The van der Waals surface area contributed by atoms with E-state index in [0.717, 1.165) is 16.1 Å². The van der Waals surface area contributed by atoms with Crippen molar-refractivity contribution in [3.05, 3.63) is 58.6 Å². The first kappa shape index (κ1) is 23.0. The van der Waals surface area contributed by atoms with E-state index in [1.165, 1.54) is 0 Å². The minimum atomic E-state index is -3.72. The molecule has 0 spiro atoms. The predicted octanol–water partition coefficient (Wildman–Crippen LogP) is 3.91. The lowest BCUT2D eigenvalue weighted by molar-refractivity contribution is -0.122. The number of sulfonamides is 1.